The number of nitrogens with zero attached hydrogens (tertiary/aromatic N) is 2. The number of hydrogen-bond donors (Lipinski definition) is 0. The van der Waals surface area contributed by atoms with E-state index >= 15 is 0 Å². The molecule has 0 saturated carbocycles. The number of oxime groups is 1. The molecular formula is C10H15ClN2O2. The van der Waals surface area contributed by atoms with Crippen LogP contribution in [0.15, 0.2) is 5.16 Å². The Morgan fingerprint density at radius 1 is 1.47 bits per heavy atom. The van der Waals surface area contributed by atoms with Crippen LogP contribution in [0.1, 0.15) is 25.7 Å². The summed E-state index contributed by atoms with van der Waals surface area (Å²) in [6.07, 6.45) is 3.55. The summed E-state index contributed by atoms with van der Waals surface area (Å²) >= 11 is 5.63. The molecule has 2 rings (SSSR count). The Morgan fingerprint density at radius 2 is 2.20 bits per heavy atom. The van der Waals surface area contributed by atoms with Crippen LogP contribution in [0.3, 0.4) is 0 Å². The zero-order valence-electron chi connectivity index (χ0n) is 8.62. The SMILES string of the molecule is O=C(C1CC(CCl)=NO1)N1CCCCC1. The maximum Gasteiger partial charge on any atom is 0.266 e. The van der Waals surface area contributed by atoms with Gasteiger partial charge in [0.25, 0.3) is 5.91 Å². The first kappa shape index (κ1) is 10.7. The highest BCUT2D eigenvalue weighted by Gasteiger charge is 2.31. The molecule has 0 N–H and O–H groups in total. The van der Waals surface area contributed by atoms with Gasteiger partial charge in [0.15, 0.2) is 0 Å². The molecule has 0 spiro atoms. The van der Waals surface area contributed by atoms with Crippen LogP contribution in [0.25, 0.3) is 0 Å². The van der Waals surface area contributed by atoms with E-state index in [1.165, 1.54) is 6.42 Å². The van der Waals surface area contributed by atoms with E-state index in [1.54, 1.807) is 0 Å². The number of halogens is 1. The fourth-order valence-electron chi connectivity index (χ4n) is 1.96. The van der Waals surface area contributed by atoms with Gasteiger partial charge in [0.1, 0.15) is 0 Å². The van der Waals surface area contributed by atoms with Gasteiger partial charge in [0.2, 0.25) is 6.10 Å². The Hall–Kier alpha value is -0.770. The molecule has 0 aromatic rings. The molecule has 15 heavy (non-hydrogen) atoms. The molecule has 1 unspecified atom stereocenters. The lowest BCUT2D eigenvalue weighted by Crippen LogP contribution is -2.42. The second kappa shape index (κ2) is 4.84. The van der Waals surface area contributed by atoms with Crippen LogP contribution in [-0.4, -0.2) is 41.6 Å². The molecule has 5 heteroatoms. The fraction of sp³-hybridized carbons (Fsp3) is 0.800. The molecule has 0 aromatic heterocycles. The summed E-state index contributed by atoms with van der Waals surface area (Å²) in [5, 5.41) is 3.79. The molecule has 0 bridgehead atoms. The maximum atomic E-state index is 11.9. The number of piperidine rings is 1. The van der Waals surface area contributed by atoms with E-state index in [4.69, 9.17) is 16.4 Å². The van der Waals surface area contributed by atoms with Gasteiger partial charge in [-0.15, -0.1) is 11.6 Å². The van der Waals surface area contributed by atoms with Crippen molar-refractivity contribution in [1.82, 2.24) is 4.90 Å². The summed E-state index contributed by atoms with van der Waals surface area (Å²) in [4.78, 5) is 18.9. The number of amides is 1. The predicted molar refractivity (Wildman–Crippen MR) is 58.1 cm³/mol. The molecule has 0 radical (unpaired) electrons. The molecule has 2 aliphatic rings. The lowest BCUT2D eigenvalue weighted by molar-refractivity contribution is -0.143. The van der Waals surface area contributed by atoms with Crippen molar-refractivity contribution in [2.45, 2.75) is 31.8 Å². The lowest BCUT2D eigenvalue weighted by Gasteiger charge is -2.28. The first-order valence-electron chi connectivity index (χ1n) is 5.37. The van der Waals surface area contributed by atoms with Crippen LogP contribution in [0.4, 0.5) is 0 Å². The third kappa shape index (κ3) is 2.43. The van der Waals surface area contributed by atoms with Gasteiger partial charge < -0.3 is 9.74 Å². The highest BCUT2D eigenvalue weighted by Crippen LogP contribution is 2.17. The number of alkyl halides is 1. The third-order valence-electron chi connectivity index (χ3n) is 2.83. The van der Waals surface area contributed by atoms with Crippen LogP contribution >= 0.6 is 11.6 Å². The molecule has 1 saturated heterocycles. The van der Waals surface area contributed by atoms with Gasteiger partial charge in [-0.3, -0.25) is 4.79 Å². The smallest absolute Gasteiger partial charge is 0.266 e. The molecule has 4 nitrogen and oxygen atoms in total. The first-order chi connectivity index (χ1) is 7.31. The molecule has 84 valence electrons. The summed E-state index contributed by atoms with van der Waals surface area (Å²) in [5.41, 5.74) is 0.770. The van der Waals surface area contributed by atoms with Crippen LogP contribution < -0.4 is 0 Å². The van der Waals surface area contributed by atoms with Crippen LogP contribution in [0, 0.1) is 0 Å². The van der Waals surface area contributed by atoms with E-state index in [2.05, 4.69) is 5.16 Å². The van der Waals surface area contributed by atoms with Crippen molar-refractivity contribution in [2.24, 2.45) is 5.16 Å². The summed E-state index contributed by atoms with van der Waals surface area (Å²) in [7, 11) is 0. The van der Waals surface area contributed by atoms with Gasteiger partial charge in [-0.25, -0.2) is 0 Å². The summed E-state index contributed by atoms with van der Waals surface area (Å²) in [5.74, 6) is 0.419. The van der Waals surface area contributed by atoms with Crippen LogP contribution in [0.5, 0.6) is 0 Å². The maximum absolute atomic E-state index is 11.9. The van der Waals surface area contributed by atoms with E-state index in [0.717, 1.165) is 31.6 Å². The number of carbonyl (C=O) groups is 1. The zero-order chi connectivity index (χ0) is 10.7. The second-order valence-electron chi connectivity index (χ2n) is 3.98. The average molecular weight is 231 g/mol. The molecule has 1 fully saturated rings. The Balaban J connectivity index is 1.86. The minimum absolute atomic E-state index is 0.0681. The number of carbonyl (C=O) groups excluding carboxylic acids is 1. The monoisotopic (exact) mass is 230 g/mol. The molecule has 1 atom stereocenters. The summed E-state index contributed by atoms with van der Waals surface area (Å²) in [6.45, 7) is 1.71. The number of likely N-dealkylation sites (tertiary alicyclic amines) is 1. The molecule has 2 heterocycles. The minimum Gasteiger partial charge on any atom is -0.382 e. The van der Waals surface area contributed by atoms with E-state index in [0.29, 0.717) is 12.3 Å². The van der Waals surface area contributed by atoms with Crippen LogP contribution in [-0.2, 0) is 9.63 Å². The van der Waals surface area contributed by atoms with Crippen molar-refractivity contribution in [2.75, 3.05) is 19.0 Å². The average Bonchev–Trinajstić information content (AvgIpc) is 2.78. The Morgan fingerprint density at radius 3 is 2.80 bits per heavy atom. The van der Waals surface area contributed by atoms with Gasteiger partial charge in [-0.05, 0) is 19.3 Å². The van der Waals surface area contributed by atoms with Crippen molar-refractivity contribution in [3.63, 3.8) is 0 Å². The van der Waals surface area contributed by atoms with Crippen molar-refractivity contribution in [1.29, 1.82) is 0 Å². The zero-order valence-corrected chi connectivity index (χ0v) is 9.37. The predicted octanol–water partition coefficient (Wildman–Crippen LogP) is 1.38. The summed E-state index contributed by atoms with van der Waals surface area (Å²) in [6, 6.07) is 0. The van der Waals surface area contributed by atoms with Gasteiger partial charge in [0.05, 0.1) is 11.6 Å². The normalized spacial score (nSPS) is 26.1. The lowest BCUT2D eigenvalue weighted by atomic mass is 10.1. The van der Waals surface area contributed by atoms with Crippen LogP contribution in [0.2, 0.25) is 0 Å². The van der Waals surface area contributed by atoms with Gasteiger partial charge >= 0.3 is 0 Å². The van der Waals surface area contributed by atoms with Crippen molar-refractivity contribution in [3.05, 3.63) is 0 Å². The molecule has 0 aromatic carbocycles. The molecule has 1 amide bonds. The quantitative estimate of drug-likeness (QED) is 0.673. The van der Waals surface area contributed by atoms with Gasteiger partial charge in [0, 0.05) is 19.5 Å². The first-order valence-corrected chi connectivity index (χ1v) is 5.91. The number of rotatable bonds is 2. The van der Waals surface area contributed by atoms with Gasteiger partial charge in [-0.2, -0.15) is 0 Å². The van der Waals surface area contributed by atoms with E-state index in [9.17, 15) is 4.79 Å². The highest BCUT2D eigenvalue weighted by atomic mass is 35.5. The van der Waals surface area contributed by atoms with Crippen molar-refractivity contribution in [3.8, 4) is 0 Å². The fourth-order valence-corrected chi connectivity index (χ4v) is 2.11. The largest absolute Gasteiger partial charge is 0.382 e. The Labute approximate surface area is 94.2 Å². The van der Waals surface area contributed by atoms with Crippen molar-refractivity contribution >= 4 is 23.2 Å². The van der Waals surface area contributed by atoms with Crippen molar-refractivity contribution < 1.29 is 9.63 Å². The Kier molecular flexibility index (Phi) is 3.46. The standard InChI is InChI=1S/C10H15ClN2O2/c11-7-8-6-9(15-12-8)10(14)13-4-2-1-3-5-13/h9H,1-7H2. The van der Waals surface area contributed by atoms with Gasteiger partial charge in [-0.1, -0.05) is 5.16 Å². The highest BCUT2D eigenvalue weighted by molar-refractivity contribution is 6.29. The molecule has 2 aliphatic heterocycles. The minimum atomic E-state index is -0.420. The topological polar surface area (TPSA) is 41.9 Å². The third-order valence-corrected chi connectivity index (χ3v) is 3.14. The Bertz CT molecular complexity index is 275. The molecule has 0 aliphatic carbocycles. The second-order valence-corrected chi connectivity index (χ2v) is 4.24. The summed E-state index contributed by atoms with van der Waals surface area (Å²) < 4.78 is 0. The van der Waals surface area contributed by atoms with E-state index < -0.39 is 6.10 Å². The molecular weight excluding hydrogens is 216 g/mol. The number of hydrogen-bond acceptors (Lipinski definition) is 3. The van der Waals surface area contributed by atoms with E-state index in [1.807, 2.05) is 4.90 Å². The van der Waals surface area contributed by atoms with E-state index in [-0.39, 0.29) is 5.91 Å².